The van der Waals surface area contributed by atoms with E-state index in [0.717, 1.165) is 68.1 Å². The normalized spacial score (nSPS) is 15.0. The minimum atomic E-state index is 0.879. The Bertz CT molecular complexity index is 1060. The van der Waals surface area contributed by atoms with E-state index in [0.29, 0.717) is 0 Å². The number of H-pyrrole nitrogens is 1. The van der Waals surface area contributed by atoms with Crippen LogP contribution < -0.4 is 4.90 Å². The summed E-state index contributed by atoms with van der Waals surface area (Å²) in [6.07, 6.45) is 3.87. The molecule has 3 heterocycles. The van der Waals surface area contributed by atoms with E-state index in [9.17, 15) is 0 Å². The second-order valence-electron chi connectivity index (χ2n) is 7.91. The van der Waals surface area contributed by atoms with Crippen LogP contribution in [-0.4, -0.2) is 46.0 Å². The fraction of sp³-hybridized carbons (Fsp3) is 0.280. The maximum absolute atomic E-state index is 4.73. The topological polar surface area (TPSA) is 48.0 Å². The Morgan fingerprint density at radius 3 is 2.43 bits per heavy atom. The number of fused-ring (bicyclic) bond motifs is 1. The standard InChI is InChI=1S/C25H27N5/c1-4-11-24(20(7-1)12-13-21-8-5-6-14-26-21)30-17-15-29(16-18-30)19-25-27-22-9-2-3-10-23(22)28-25/h1-11,14H,12-13,15-19H2,(H,27,28). The number of piperazine rings is 1. The van der Waals surface area contributed by atoms with Gasteiger partial charge in [-0.3, -0.25) is 9.88 Å². The Balaban J connectivity index is 1.21. The predicted octanol–water partition coefficient (Wildman–Crippen LogP) is 4.07. The zero-order valence-corrected chi connectivity index (χ0v) is 17.2. The summed E-state index contributed by atoms with van der Waals surface area (Å²) in [6.45, 7) is 5.06. The van der Waals surface area contributed by atoms with Gasteiger partial charge in [0.2, 0.25) is 0 Å². The van der Waals surface area contributed by atoms with Crippen molar-refractivity contribution in [2.75, 3.05) is 31.1 Å². The number of benzene rings is 2. The quantitative estimate of drug-likeness (QED) is 0.533. The molecule has 5 heteroatoms. The number of nitrogens with zero attached hydrogens (tertiary/aromatic N) is 4. The van der Waals surface area contributed by atoms with Crippen molar-refractivity contribution in [1.29, 1.82) is 0 Å². The molecule has 0 unspecified atom stereocenters. The van der Waals surface area contributed by atoms with Crippen LogP contribution in [0.3, 0.4) is 0 Å². The van der Waals surface area contributed by atoms with Crippen molar-refractivity contribution in [1.82, 2.24) is 19.9 Å². The van der Waals surface area contributed by atoms with Crippen molar-refractivity contribution in [3.05, 3.63) is 90.0 Å². The second kappa shape index (κ2) is 8.67. The van der Waals surface area contributed by atoms with Gasteiger partial charge in [0.1, 0.15) is 5.82 Å². The van der Waals surface area contributed by atoms with Gasteiger partial charge in [-0.2, -0.15) is 0 Å². The molecule has 1 aliphatic heterocycles. The molecule has 152 valence electrons. The molecule has 0 saturated carbocycles. The van der Waals surface area contributed by atoms with Crippen LogP contribution in [0.1, 0.15) is 17.1 Å². The van der Waals surface area contributed by atoms with Crippen LogP contribution in [-0.2, 0) is 19.4 Å². The zero-order chi connectivity index (χ0) is 20.2. The lowest BCUT2D eigenvalue weighted by atomic mass is 10.0. The molecule has 0 amide bonds. The lowest BCUT2D eigenvalue weighted by Crippen LogP contribution is -2.46. The van der Waals surface area contributed by atoms with Gasteiger partial charge >= 0.3 is 0 Å². The number of nitrogens with one attached hydrogen (secondary N) is 1. The lowest BCUT2D eigenvalue weighted by Gasteiger charge is -2.36. The highest BCUT2D eigenvalue weighted by Crippen LogP contribution is 2.24. The first-order chi connectivity index (χ1) is 14.8. The molecular weight excluding hydrogens is 370 g/mol. The summed E-state index contributed by atoms with van der Waals surface area (Å²) in [5, 5.41) is 0. The Kier molecular flexibility index (Phi) is 5.44. The summed E-state index contributed by atoms with van der Waals surface area (Å²) in [5.74, 6) is 1.06. The maximum atomic E-state index is 4.73. The molecule has 1 N–H and O–H groups in total. The highest BCUT2D eigenvalue weighted by atomic mass is 15.3. The monoisotopic (exact) mass is 397 g/mol. The number of aryl methyl sites for hydroxylation is 2. The minimum absolute atomic E-state index is 0.879. The van der Waals surface area contributed by atoms with Gasteiger partial charge in [-0.15, -0.1) is 0 Å². The molecular formula is C25H27N5. The van der Waals surface area contributed by atoms with Gasteiger partial charge in [-0.05, 0) is 48.7 Å². The van der Waals surface area contributed by atoms with Crippen molar-refractivity contribution in [3.8, 4) is 0 Å². The third kappa shape index (κ3) is 4.21. The summed E-state index contributed by atoms with van der Waals surface area (Å²) < 4.78 is 0. The molecule has 4 aromatic rings. The number of anilines is 1. The first-order valence-corrected chi connectivity index (χ1v) is 10.7. The molecule has 1 fully saturated rings. The van der Waals surface area contributed by atoms with E-state index in [4.69, 9.17) is 4.98 Å². The van der Waals surface area contributed by atoms with E-state index in [-0.39, 0.29) is 0 Å². The van der Waals surface area contributed by atoms with Crippen molar-refractivity contribution < 1.29 is 0 Å². The molecule has 0 radical (unpaired) electrons. The van der Waals surface area contributed by atoms with Crippen LogP contribution in [0.4, 0.5) is 5.69 Å². The Labute approximate surface area is 177 Å². The van der Waals surface area contributed by atoms with E-state index < -0.39 is 0 Å². The first kappa shape index (κ1) is 18.8. The first-order valence-electron chi connectivity index (χ1n) is 10.7. The summed E-state index contributed by atoms with van der Waals surface area (Å²) in [7, 11) is 0. The molecule has 0 spiro atoms. The van der Waals surface area contributed by atoms with E-state index in [1.807, 2.05) is 24.4 Å². The molecule has 30 heavy (non-hydrogen) atoms. The predicted molar refractivity (Wildman–Crippen MR) is 122 cm³/mol. The molecule has 0 atom stereocenters. The van der Waals surface area contributed by atoms with Crippen LogP contribution in [0.15, 0.2) is 72.9 Å². The molecule has 5 rings (SSSR count). The van der Waals surface area contributed by atoms with Gasteiger partial charge in [0.25, 0.3) is 0 Å². The Morgan fingerprint density at radius 2 is 1.60 bits per heavy atom. The van der Waals surface area contributed by atoms with Gasteiger partial charge in [0.15, 0.2) is 0 Å². The van der Waals surface area contributed by atoms with Gasteiger partial charge in [0.05, 0.1) is 17.6 Å². The van der Waals surface area contributed by atoms with Crippen molar-refractivity contribution in [2.45, 2.75) is 19.4 Å². The van der Waals surface area contributed by atoms with Gasteiger partial charge < -0.3 is 9.88 Å². The molecule has 0 bridgehead atoms. The molecule has 2 aromatic carbocycles. The summed E-state index contributed by atoms with van der Waals surface area (Å²) >= 11 is 0. The fourth-order valence-electron chi connectivity index (χ4n) is 4.28. The van der Waals surface area contributed by atoms with Crippen LogP contribution in [0.25, 0.3) is 11.0 Å². The van der Waals surface area contributed by atoms with Crippen LogP contribution in [0, 0.1) is 0 Å². The largest absolute Gasteiger partial charge is 0.369 e. The van der Waals surface area contributed by atoms with E-state index in [1.54, 1.807) is 0 Å². The molecule has 1 aliphatic rings. The van der Waals surface area contributed by atoms with Crippen LogP contribution in [0.2, 0.25) is 0 Å². The summed E-state index contributed by atoms with van der Waals surface area (Å²) in [5.41, 5.74) is 6.11. The third-order valence-corrected chi connectivity index (χ3v) is 5.89. The smallest absolute Gasteiger partial charge is 0.121 e. The van der Waals surface area contributed by atoms with Crippen LogP contribution in [0.5, 0.6) is 0 Å². The number of pyridine rings is 1. The summed E-state index contributed by atoms with van der Waals surface area (Å²) in [6, 6.07) is 23.2. The van der Waals surface area contributed by atoms with E-state index in [1.165, 1.54) is 11.3 Å². The molecule has 1 saturated heterocycles. The van der Waals surface area contributed by atoms with Crippen LogP contribution >= 0.6 is 0 Å². The minimum Gasteiger partial charge on any atom is -0.369 e. The van der Waals surface area contributed by atoms with Gasteiger partial charge in [0, 0.05) is 43.8 Å². The zero-order valence-electron chi connectivity index (χ0n) is 17.2. The number of rotatable bonds is 6. The maximum Gasteiger partial charge on any atom is 0.121 e. The van der Waals surface area contributed by atoms with E-state index in [2.05, 4.69) is 68.3 Å². The Morgan fingerprint density at radius 1 is 0.800 bits per heavy atom. The highest BCUT2D eigenvalue weighted by molar-refractivity contribution is 5.74. The molecule has 2 aromatic heterocycles. The number of para-hydroxylation sites is 3. The average molecular weight is 398 g/mol. The number of aromatic nitrogens is 3. The SMILES string of the molecule is c1ccc(CCc2ccccc2N2CCN(Cc3nc4ccccc4[nH]3)CC2)nc1. The average Bonchev–Trinajstić information content (AvgIpc) is 3.21. The van der Waals surface area contributed by atoms with Crippen molar-refractivity contribution >= 4 is 16.7 Å². The number of hydrogen-bond donors (Lipinski definition) is 1. The lowest BCUT2D eigenvalue weighted by molar-refractivity contribution is 0.245. The van der Waals surface area contributed by atoms with Crippen molar-refractivity contribution in [2.24, 2.45) is 0 Å². The van der Waals surface area contributed by atoms with Gasteiger partial charge in [-0.25, -0.2) is 4.98 Å². The summed E-state index contributed by atoms with van der Waals surface area (Å²) in [4.78, 5) is 17.7. The highest BCUT2D eigenvalue weighted by Gasteiger charge is 2.20. The van der Waals surface area contributed by atoms with Crippen molar-refractivity contribution in [3.63, 3.8) is 0 Å². The number of aromatic amines is 1. The third-order valence-electron chi connectivity index (χ3n) is 5.89. The number of hydrogen-bond acceptors (Lipinski definition) is 4. The number of imidazole rings is 1. The molecule has 5 nitrogen and oxygen atoms in total. The fourth-order valence-corrected chi connectivity index (χ4v) is 4.28. The molecule has 0 aliphatic carbocycles. The van der Waals surface area contributed by atoms with E-state index >= 15 is 0 Å². The second-order valence-corrected chi connectivity index (χ2v) is 7.91. The van der Waals surface area contributed by atoms with Gasteiger partial charge in [-0.1, -0.05) is 36.4 Å². The Hall–Kier alpha value is -3.18.